The number of urea groups is 1. The molecular formula is C23H19FN6O3. The van der Waals surface area contributed by atoms with Crippen LogP contribution in [-0.4, -0.2) is 45.8 Å². The number of benzene rings is 1. The van der Waals surface area contributed by atoms with Crippen molar-refractivity contribution in [2.75, 3.05) is 30.4 Å². The fourth-order valence-corrected chi connectivity index (χ4v) is 3.71. The number of nitrogens with zero attached hydrogens (tertiary/aromatic N) is 5. The largest absolute Gasteiger partial charge is 0.474 e. The second kappa shape index (κ2) is 8.72. The van der Waals surface area contributed by atoms with E-state index in [1.165, 1.54) is 29.6 Å². The molecule has 0 bridgehead atoms. The normalized spacial score (nSPS) is 17.1. The molecule has 0 saturated carbocycles. The van der Waals surface area contributed by atoms with Gasteiger partial charge in [0.15, 0.2) is 0 Å². The first-order valence-corrected chi connectivity index (χ1v) is 10.3. The van der Waals surface area contributed by atoms with E-state index in [4.69, 9.17) is 15.3 Å². The fraction of sp³-hybridized carbons (Fsp3) is 0.217. The second-order valence-electron chi connectivity index (χ2n) is 7.43. The molecule has 0 spiro atoms. The molecule has 1 fully saturated rings. The quantitative estimate of drug-likeness (QED) is 0.573. The number of amides is 2. The zero-order chi connectivity index (χ0) is 22.8. The average molecular weight is 446 g/mol. The molecule has 5 rings (SSSR count). The number of anilines is 2. The van der Waals surface area contributed by atoms with Crippen LogP contribution in [0.1, 0.15) is 29.2 Å². The van der Waals surface area contributed by atoms with E-state index in [-0.39, 0.29) is 30.4 Å². The van der Waals surface area contributed by atoms with E-state index in [0.29, 0.717) is 47.8 Å². The zero-order valence-electron chi connectivity index (χ0n) is 17.4. The summed E-state index contributed by atoms with van der Waals surface area (Å²) in [6.07, 6.45) is 5.19. The van der Waals surface area contributed by atoms with Crippen LogP contribution in [0.3, 0.4) is 0 Å². The standard InChI is InChI=1S/C23H19FN6O3/c24-18-3-1-2-17(11-18)19-6-8-33-30(19)23(31)29-7-9-32-21-20(29)10-15(12-26-21)4-5-16-13-27-22(25)28-14-16/h1-3,10-14,19H,6-9H2,(H2,25,27,28). The monoisotopic (exact) mass is 446 g/mol. The fourth-order valence-electron chi connectivity index (χ4n) is 3.71. The highest BCUT2D eigenvalue weighted by molar-refractivity contribution is 5.93. The van der Waals surface area contributed by atoms with Gasteiger partial charge in [-0.05, 0) is 23.8 Å². The van der Waals surface area contributed by atoms with Gasteiger partial charge in [0.05, 0.1) is 24.8 Å². The number of ether oxygens (including phenoxy) is 1. The number of hydrogen-bond donors (Lipinski definition) is 1. The Labute approximate surface area is 188 Å². The molecule has 2 aliphatic rings. The molecule has 1 aromatic carbocycles. The minimum absolute atomic E-state index is 0.169. The van der Waals surface area contributed by atoms with E-state index < -0.39 is 0 Å². The summed E-state index contributed by atoms with van der Waals surface area (Å²) < 4.78 is 19.4. The van der Waals surface area contributed by atoms with E-state index in [1.807, 2.05) is 0 Å². The third-order valence-corrected chi connectivity index (χ3v) is 5.26. The van der Waals surface area contributed by atoms with Crippen LogP contribution < -0.4 is 15.4 Å². The van der Waals surface area contributed by atoms with Crippen LogP contribution in [0.15, 0.2) is 48.9 Å². The van der Waals surface area contributed by atoms with E-state index in [1.54, 1.807) is 29.3 Å². The number of halogens is 1. The predicted molar refractivity (Wildman–Crippen MR) is 116 cm³/mol. The molecule has 9 nitrogen and oxygen atoms in total. The van der Waals surface area contributed by atoms with Crippen LogP contribution in [-0.2, 0) is 4.84 Å². The second-order valence-corrected chi connectivity index (χ2v) is 7.43. The van der Waals surface area contributed by atoms with Gasteiger partial charge < -0.3 is 10.5 Å². The molecule has 1 unspecified atom stereocenters. The Morgan fingerprint density at radius 1 is 1.09 bits per heavy atom. The maximum absolute atomic E-state index is 13.8. The van der Waals surface area contributed by atoms with Gasteiger partial charge in [-0.15, -0.1) is 0 Å². The van der Waals surface area contributed by atoms with E-state index in [2.05, 4.69) is 26.8 Å². The van der Waals surface area contributed by atoms with Crippen LogP contribution >= 0.6 is 0 Å². The predicted octanol–water partition coefficient (Wildman–Crippen LogP) is 2.69. The van der Waals surface area contributed by atoms with Gasteiger partial charge in [0, 0.05) is 30.6 Å². The van der Waals surface area contributed by atoms with Gasteiger partial charge in [-0.2, -0.15) is 5.06 Å². The van der Waals surface area contributed by atoms with E-state index in [0.717, 1.165) is 0 Å². The minimum atomic E-state index is -0.388. The zero-order valence-corrected chi connectivity index (χ0v) is 17.4. The Kier molecular flexibility index (Phi) is 5.46. The minimum Gasteiger partial charge on any atom is -0.474 e. The summed E-state index contributed by atoms with van der Waals surface area (Å²) >= 11 is 0. The molecule has 2 aromatic heterocycles. The molecule has 2 amide bonds. The van der Waals surface area contributed by atoms with Gasteiger partial charge in [-0.3, -0.25) is 9.74 Å². The van der Waals surface area contributed by atoms with Crippen LogP contribution in [0.25, 0.3) is 0 Å². The number of rotatable bonds is 1. The lowest BCUT2D eigenvalue weighted by atomic mass is 10.0. The first-order valence-electron chi connectivity index (χ1n) is 10.3. The molecule has 33 heavy (non-hydrogen) atoms. The Morgan fingerprint density at radius 3 is 2.70 bits per heavy atom. The molecule has 10 heteroatoms. The first-order chi connectivity index (χ1) is 16.1. The molecule has 1 atom stereocenters. The molecule has 4 heterocycles. The lowest BCUT2D eigenvalue weighted by Gasteiger charge is -2.33. The van der Waals surface area contributed by atoms with Gasteiger partial charge in [-0.1, -0.05) is 24.0 Å². The van der Waals surface area contributed by atoms with E-state index >= 15 is 0 Å². The number of carbonyl (C=O) groups is 1. The van der Waals surface area contributed by atoms with Crippen LogP contribution in [0.2, 0.25) is 0 Å². The SMILES string of the molecule is Nc1ncc(C#Cc2cnc3c(c2)N(C(=O)N2OCCC2c2cccc(F)c2)CCO3)cn1. The van der Waals surface area contributed by atoms with Crippen molar-refractivity contribution in [1.29, 1.82) is 0 Å². The summed E-state index contributed by atoms with van der Waals surface area (Å²) in [7, 11) is 0. The lowest BCUT2D eigenvalue weighted by Crippen LogP contribution is -2.46. The third kappa shape index (κ3) is 4.26. The van der Waals surface area contributed by atoms with Crippen molar-refractivity contribution in [2.45, 2.75) is 12.5 Å². The summed E-state index contributed by atoms with van der Waals surface area (Å²) in [6.45, 7) is 0.960. The highest BCUT2D eigenvalue weighted by Crippen LogP contribution is 2.35. The highest BCUT2D eigenvalue weighted by Gasteiger charge is 2.37. The van der Waals surface area contributed by atoms with Gasteiger partial charge in [0.2, 0.25) is 11.8 Å². The number of nitrogens with two attached hydrogens (primary N) is 1. The highest BCUT2D eigenvalue weighted by atomic mass is 19.1. The van der Waals surface area contributed by atoms with Crippen LogP contribution in [0.5, 0.6) is 5.88 Å². The number of pyridine rings is 1. The summed E-state index contributed by atoms with van der Waals surface area (Å²) in [4.78, 5) is 32.8. The molecular weight excluding hydrogens is 427 g/mol. The van der Waals surface area contributed by atoms with Crippen molar-refractivity contribution in [1.82, 2.24) is 20.0 Å². The number of carbonyl (C=O) groups excluding carboxylic acids is 1. The van der Waals surface area contributed by atoms with Crippen molar-refractivity contribution in [3.63, 3.8) is 0 Å². The smallest absolute Gasteiger partial charge is 0.349 e. The molecule has 166 valence electrons. The summed E-state index contributed by atoms with van der Waals surface area (Å²) in [6, 6.07) is 7.17. The molecule has 1 saturated heterocycles. The molecule has 0 radical (unpaired) electrons. The van der Waals surface area contributed by atoms with Crippen molar-refractivity contribution < 1.29 is 18.8 Å². The van der Waals surface area contributed by atoms with Crippen molar-refractivity contribution in [2.24, 2.45) is 0 Å². The molecule has 3 aromatic rings. The van der Waals surface area contributed by atoms with Gasteiger partial charge in [-0.25, -0.2) is 24.1 Å². The van der Waals surface area contributed by atoms with Crippen molar-refractivity contribution >= 4 is 17.7 Å². The average Bonchev–Trinajstić information content (AvgIpc) is 3.33. The van der Waals surface area contributed by atoms with Gasteiger partial charge in [0.1, 0.15) is 18.1 Å². The Hall–Kier alpha value is -4.23. The van der Waals surface area contributed by atoms with Crippen molar-refractivity contribution in [3.05, 3.63) is 71.4 Å². The van der Waals surface area contributed by atoms with Crippen LogP contribution in [0, 0.1) is 17.7 Å². The lowest BCUT2D eigenvalue weighted by molar-refractivity contribution is -0.0855. The number of fused-ring (bicyclic) bond motifs is 1. The first kappa shape index (κ1) is 20.7. The Morgan fingerprint density at radius 2 is 1.88 bits per heavy atom. The van der Waals surface area contributed by atoms with Crippen molar-refractivity contribution in [3.8, 4) is 17.7 Å². The number of hydrogen-bond acceptors (Lipinski definition) is 7. The summed E-state index contributed by atoms with van der Waals surface area (Å²) in [5, 5.41) is 1.30. The Bertz CT molecular complexity index is 1260. The van der Waals surface area contributed by atoms with E-state index in [9.17, 15) is 9.18 Å². The number of aromatic nitrogens is 3. The number of hydroxylamine groups is 2. The third-order valence-electron chi connectivity index (χ3n) is 5.26. The summed E-state index contributed by atoms with van der Waals surface area (Å²) in [5.74, 6) is 6.07. The van der Waals surface area contributed by atoms with Crippen LogP contribution in [0.4, 0.5) is 20.8 Å². The van der Waals surface area contributed by atoms with Gasteiger partial charge >= 0.3 is 6.03 Å². The maximum Gasteiger partial charge on any atom is 0.349 e. The number of nitrogen functional groups attached to an aromatic ring is 1. The molecule has 0 aliphatic carbocycles. The summed E-state index contributed by atoms with van der Waals surface area (Å²) in [5.41, 5.74) is 7.83. The molecule has 2 N–H and O–H groups in total. The van der Waals surface area contributed by atoms with Gasteiger partial charge in [0.25, 0.3) is 0 Å². The maximum atomic E-state index is 13.8. The topological polar surface area (TPSA) is 107 Å². The Balaban J connectivity index is 1.42. The molecule has 2 aliphatic heterocycles.